The van der Waals surface area contributed by atoms with Crippen LogP contribution >= 0.6 is 0 Å². The summed E-state index contributed by atoms with van der Waals surface area (Å²) in [5, 5.41) is 13.3. The predicted octanol–water partition coefficient (Wildman–Crippen LogP) is -1.17. The van der Waals surface area contributed by atoms with Gasteiger partial charge >= 0.3 is 6.09 Å². The Kier molecular flexibility index (Phi) is 37.5. The molecule has 0 radical (unpaired) electrons. The van der Waals surface area contributed by atoms with E-state index in [2.05, 4.69) is 38.2 Å². The fourth-order valence-corrected chi connectivity index (χ4v) is 5.97. The first kappa shape index (κ1) is 63.5. The van der Waals surface area contributed by atoms with Crippen LogP contribution < -0.4 is 55.3 Å². The Balaban J connectivity index is 0. The Labute approximate surface area is 396 Å². The average Bonchev–Trinajstić information content (AvgIpc) is 3.27. The molecule has 10 amide bonds. The van der Waals surface area contributed by atoms with Crippen molar-refractivity contribution >= 4 is 59.3 Å². The van der Waals surface area contributed by atoms with Gasteiger partial charge in [-0.3, -0.25) is 43.2 Å². The number of primary amides is 3. The van der Waals surface area contributed by atoms with Crippen LogP contribution in [0.1, 0.15) is 118 Å². The van der Waals surface area contributed by atoms with Crippen molar-refractivity contribution in [2.24, 2.45) is 52.3 Å². The summed E-state index contributed by atoms with van der Waals surface area (Å²) in [5.74, 6) is -3.59. The Morgan fingerprint density at radius 2 is 0.761 bits per heavy atom. The van der Waals surface area contributed by atoms with Gasteiger partial charge in [-0.05, 0) is 63.8 Å². The van der Waals surface area contributed by atoms with E-state index in [4.69, 9.17) is 28.7 Å². The van der Waals surface area contributed by atoms with Gasteiger partial charge in [-0.15, -0.1) is 0 Å². The summed E-state index contributed by atoms with van der Waals surface area (Å²) >= 11 is 0. The number of ether oxygens (including phenoxy) is 1. The van der Waals surface area contributed by atoms with Crippen molar-refractivity contribution in [3.05, 3.63) is 0 Å². The third-order valence-corrected chi connectivity index (χ3v) is 10.7. The van der Waals surface area contributed by atoms with Crippen molar-refractivity contribution in [1.82, 2.24) is 36.4 Å². The molecule has 0 aliphatic heterocycles. The number of carbonyl (C=O) groups is 10. The number of hydrogen-bond donors (Lipinski definition) is 10. The van der Waals surface area contributed by atoms with Crippen LogP contribution in [-0.4, -0.2) is 148 Å². The van der Waals surface area contributed by atoms with Gasteiger partial charge in [0.15, 0.2) is 0 Å². The first-order chi connectivity index (χ1) is 31.7. The molecule has 0 aromatic carbocycles. The Morgan fingerprint density at radius 1 is 0.448 bits per heavy atom. The van der Waals surface area contributed by atoms with Crippen molar-refractivity contribution in [2.75, 3.05) is 79.1 Å². The lowest BCUT2D eigenvalue weighted by Gasteiger charge is -2.22. The maximum absolute atomic E-state index is 12.6. The van der Waals surface area contributed by atoms with E-state index >= 15 is 0 Å². The molecular weight excluding hydrogens is 873 g/mol. The molecule has 0 rings (SSSR count). The molecule has 15 N–H and O–H groups in total. The number of rotatable bonds is 37. The topological polar surface area (TPSA) is 377 Å². The second-order valence-corrected chi connectivity index (χ2v) is 16.8. The van der Waals surface area contributed by atoms with E-state index in [1.54, 1.807) is 20.8 Å². The van der Waals surface area contributed by atoms with Crippen LogP contribution in [0.2, 0.25) is 0 Å². The second kappa shape index (κ2) is 39.6. The van der Waals surface area contributed by atoms with Gasteiger partial charge in [0.2, 0.25) is 53.2 Å². The minimum atomic E-state index is -0.693. The van der Waals surface area contributed by atoms with Crippen LogP contribution in [0.4, 0.5) is 4.79 Å². The molecule has 4 atom stereocenters. The minimum Gasteiger partial charge on any atom is -0.453 e. The van der Waals surface area contributed by atoms with Crippen LogP contribution in [-0.2, 0) is 47.9 Å². The minimum absolute atomic E-state index is 0.0126. The zero-order valence-electron chi connectivity index (χ0n) is 40.8. The smallest absolute Gasteiger partial charge is 0.406 e. The molecule has 0 saturated heterocycles. The average molecular weight is 957 g/mol. The van der Waals surface area contributed by atoms with Crippen LogP contribution in [0.3, 0.4) is 0 Å². The first-order valence-electron chi connectivity index (χ1n) is 23.4. The molecule has 23 heteroatoms. The van der Waals surface area contributed by atoms with Crippen LogP contribution in [0.25, 0.3) is 0 Å². The maximum Gasteiger partial charge on any atom is 0.406 e. The number of nitrogens with zero attached hydrogens (tertiary/aromatic N) is 2. The first-order valence-corrected chi connectivity index (χ1v) is 23.4. The van der Waals surface area contributed by atoms with E-state index in [1.165, 1.54) is 12.0 Å². The number of methoxy groups -OCH3 is 1. The Morgan fingerprint density at radius 3 is 1.04 bits per heavy atom. The second-order valence-electron chi connectivity index (χ2n) is 16.8. The molecule has 0 aromatic rings. The molecule has 0 aliphatic rings. The maximum atomic E-state index is 12.6. The Bertz CT molecular complexity index is 1480. The molecule has 0 heterocycles. The summed E-state index contributed by atoms with van der Waals surface area (Å²) in [6.07, 6.45) is 8.09. The van der Waals surface area contributed by atoms with Gasteiger partial charge in [-0.1, -0.05) is 53.4 Å². The fourth-order valence-electron chi connectivity index (χ4n) is 5.97. The molecule has 23 nitrogen and oxygen atoms in total. The number of nitrogens with two attached hydrogens (primary N) is 5. The summed E-state index contributed by atoms with van der Waals surface area (Å²) in [5.41, 5.74) is 26.7. The van der Waals surface area contributed by atoms with E-state index in [0.29, 0.717) is 90.0 Å². The Hall–Kier alpha value is -5.58. The molecule has 386 valence electrons. The number of hydrogen-bond acceptors (Lipinski definition) is 13. The quantitative estimate of drug-likeness (QED) is 0.0329. The van der Waals surface area contributed by atoms with Gasteiger partial charge in [0.25, 0.3) is 0 Å². The number of unbranched alkanes of at least 4 members (excludes halogenated alkanes) is 4. The van der Waals surface area contributed by atoms with Gasteiger partial charge in [-0.2, -0.15) is 0 Å². The standard InChI is InChI=1S/C23H42N6O7.C21H42N6O4/c1-16(21(24)33)8-4-6-11-26-18(30)14-29(20(32)10-13-28-23(35)36-3)15-19(31)27-12-7-5-9-17(2)22(25)34;1-16(13-23)7-3-5-11-25-18(28)14-27(20(30)9-10-22)15-19(29)26-12-6-4-8-17(2)21(24)31/h16-17H,4-15H2,1-3H3,(H2,24,33)(H2,25,34)(H,26,30)(H,27,31)(H,28,35);16-17H,3-15,22-23H2,1-2H3,(H2,24,31)(H,25,28)(H,26,29). The summed E-state index contributed by atoms with van der Waals surface area (Å²) in [6, 6.07) is 0. The van der Waals surface area contributed by atoms with Gasteiger partial charge in [0, 0.05) is 69.9 Å². The highest BCUT2D eigenvalue weighted by atomic mass is 16.5. The van der Waals surface area contributed by atoms with Gasteiger partial charge in [0.1, 0.15) is 26.2 Å². The lowest BCUT2D eigenvalue weighted by Crippen LogP contribution is -2.46. The van der Waals surface area contributed by atoms with E-state index in [-0.39, 0.29) is 105 Å². The molecule has 0 fully saturated rings. The highest BCUT2D eigenvalue weighted by Crippen LogP contribution is 2.09. The zero-order valence-corrected chi connectivity index (χ0v) is 40.8. The van der Waals surface area contributed by atoms with Crippen molar-refractivity contribution in [1.29, 1.82) is 0 Å². The highest BCUT2D eigenvalue weighted by Gasteiger charge is 2.22. The summed E-state index contributed by atoms with van der Waals surface area (Å²) in [7, 11) is 1.20. The molecule has 0 saturated carbocycles. The van der Waals surface area contributed by atoms with Crippen molar-refractivity contribution in [3.8, 4) is 0 Å². The summed E-state index contributed by atoms with van der Waals surface area (Å²) in [4.78, 5) is 121. The number of nitrogens with one attached hydrogen (secondary N) is 5. The normalized spacial score (nSPS) is 12.3. The molecule has 4 unspecified atom stereocenters. The molecule has 0 aromatic heterocycles. The lowest BCUT2D eigenvalue weighted by atomic mass is 10.0. The number of amides is 10. The molecule has 0 spiro atoms. The highest BCUT2D eigenvalue weighted by molar-refractivity contribution is 5.90. The third-order valence-electron chi connectivity index (χ3n) is 10.7. The van der Waals surface area contributed by atoms with E-state index in [0.717, 1.165) is 30.6 Å². The zero-order chi connectivity index (χ0) is 51.2. The van der Waals surface area contributed by atoms with Crippen LogP contribution in [0.5, 0.6) is 0 Å². The molecule has 0 aliphatic carbocycles. The molecule has 67 heavy (non-hydrogen) atoms. The number of alkyl carbamates (subject to hydrolysis) is 1. The predicted molar refractivity (Wildman–Crippen MR) is 253 cm³/mol. The fraction of sp³-hybridized carbons (Fsp3) is 0.773. The largest absolute Gasteiger partial charge is 0.453 e. The lowest BCUT2D eigenvalue weighted by molar-refractivity contribution is -0.139. The van der Waals surface area contributed by atoms with Crippen molar-refractivity contribution < 1.29 is 52.7 Å². The summed E-state index contributed by atoms with van der Waals surface area (Å²) < 4.78 is 4.45. The SMILES string of the molecule is CC(CN)CCCCNC(=O)CN(CC(=O)NCCCCC(C)C(N)=O)C(=O)CCN.COC(=O)NCCC(=O)N(CC(=O)NCCCCC(C)C(N)=O)CC(=O)NCCCCC(C)C(N)=O. The molecular formula is C44H84N12O11. The summed E-state index contributed by atoms with van der Waals surface area (Å²) in [6.45, 7) is 8.77. The number of carbonyl (C=O) groups excluding carboxylic acids is 10. The van der Waals surface area contributed by atoms with Gasteiger partial charge in [0.05, 0.1) is 7.11 Å². The van der Waals surface area contributed by atoms with Crippen molar-refractivity contribution in [2.45, 2.75) is 118 Å². The third kappa shape index (κ3) is 36.3. The van der Waals surface area contributed by atoms with Gasteiger partial charge < -0.3 is 69.8 Å². The van der Waals surface area contributed by atoms with Gasteiger partial charge in [-0.25, -0.2) is 4.79 Å². The van der Waals surface area contributed by atoms with E-state index < -0.39 is 23.8 Å². The van der Waals surface area contributed by atoms with E-state index in [9.17, 15) is 47.9 Å². The van der Waals surface area contributed by atoms with Crippen molar-refractivity contribution in [3.63, 3.8) is 0 Å². The van der Waals surface area contributed by atoms with Crippen LogP contribution in [0.15, 0.2) is 0 Å². The van der Waals surface area contributed by atoms with Crippen LogP contribution in [0, 0.1) is 23.7 Å². The monoisotopic (exact) mass is 957 g/mol. The molecule has 0 bridgehead atoms. The van der Waals surface area contributed by atoms with E-state index in [1.807, 2.05) is 0 Å².